The van der Waals surface area contributed by atoms with Gasteiger partial charge in [0, 0.05) is 12.6 Å². The molecule has 0 fully saturated rings. The summed E-state index contributed by atoms with van der Waals surface area (Å²) >= 11 is 6.14. The zero-order valence-electron chi connectivity index (χ0n) is 10.1. The molecular weight excluding hydrogens is 234 g/mol. The van der Waals surface area contributed by atoms with Crippen molar-refractivity contribution in [1.82, 2.24) is 0 Å². The molecule has 0 aromatic heterocycles. The molecule has 1 aliphatic rings. The molecule has 0 aliphatic heterocycles. The normalized spacial score (nSPS) is 19.1. The van der Waals surface area contributed by atoms with E-state index in [1.807, 2.05) is 18.2 Å². The minimum Gasteiger partial charge on any atom is -0.497 e. The van der Waals surface area contributed by atoms with E-state index in [1.165, 1.54) is 12.8 Å². The number of nitrogens with one attached hydrogen (secondary N) is 1. The predicted octanol–water partition coefficient (Wildman–Crippen LogP) is 4.12. The van der Waals surface area contributed by atoms with Crippen LogP contribution in [-0.4, -0.2) is 13.7 Å². The lowest BCUT2D eigenvalue weighted by atomic mass is 9.94. The molecule has 0 saturated heterocycles. The number of allylic oxidation sites excluding steroid dienone is 2. The topological polar surface area (TPSA) is 21.3 Å². The molecule has 0 spiro atoms. The predicted molar refractivity (Wildman–Crippen MR) is 73.0 cm³/mol. The van der Waals surface area contributed by atoms with Crippen molar-refractivity contribution in [2.24, 2.45) is 5.92 Å². The first-order valence-electron chi connectivity index (χ1n) is 6.02. The molecule has 2 nitrogen and oxygen atoms in total. The SMILES string of the molecule is COc1ccc(Cl)c(NCC2CC=CCC2)c1. The highest BCUT2D eigenvalue weighted by Gasteiger charge is 2.10. The summed E-state index contributed by atoms with van der Waals surface area (Å²) in [5.41, 5.74) is 0.959. The summed E-state index contributed by atoms with van der Waals surface area (Å²) in [4.78, 5) is 0. The van der Waals surface area contributed by atoms with E-state index in [9.17, 15) is 0 Å². The number of anilines is 1. The highest BCUT2D eigenvalue weighted by molar-refractivity contribution is 6.33. The van der Waals surface area contributed by atoms with Gasteiger partial charge in [0.2, 0.25) is 0 Å². The average molecular weight is 252 g/mol. The van der Waals surface area contributed by atoms with E-state index >= 15 is 0 Å². The van der Waals surface area contributed by atoms with Gasteiger partial charge >= 0.3 is 0 Å². The third kappa shape index (κ3) is 3.40. The van der Waals surface area contributed by atoms with Crippen LogP contribution in [0.1, 0.15) is 19.3 Å². The second-order valence-corrected chi connectivity index (χ2v) is 4.78. The van der Waals surface area contributed by atoms with Crippen molar-refractivity contribution in [2.75, 3.05) is 19.0 Å². The van der Waals surface area contributed by atoms with Crippen LogP contribution in [0.25, 0.3) is 0 Å². The van der Waals surface area contributed by atoms with Crippen LogP contribution in [-0.2, 0) is 0 Å². The molecule has 1 atom stereocenters. The first-order chi connectivity index (χ1) is 8.29. The molecule has 1 N–H and O–H groups in total. The van der Waals surface area contributed by atoms with Crippen LogP contribution in [0, 0.1) is 5.92 Å². The number of ether oxygens (including phenoxy) is 1. The lowest BCUT2D eigenvalue weighted by molar-refractivity contribution is 0.415. The van der Waals surface area contributed by atoms with Gasteiger partial charge in [0.1, 0.15) is 5.75 Å². The van der Waals surface area contributed by atoms with E-state index in [0.29, 0.717) is 5.92 Å². The zero-order chi connectivity index (χ0) is 12.1. The maximum atomic E-state index is 6.14. The van der Waals surface area contributed by atoms with Crippen LogP contribution < -0.4 is 10.1 Å². The van der Waals surface area contributed by atoms with Crippen LogP contribution in [0.2, 0.25) is 5.02 Å². The van der Waals surface area contributed by atoms with Crippen molar-refractivity contribution in [3.63, 3.8) is 0 Å². The highest BCUT2D eigenvalue weighted by Crippen LogP contribution is 2.27. The van der Waals surface area contributed by atoms with Gasteiger partial charge in [-0.25, -0.2) is 0 Å². The quantitative estimate of drug-likeness (QED) is 0.813. The molecule has 1 aromatic carbocycles. The molecule has 2 rings (SSSR count). The highest BCUT2D eigenvalue weighted by atomic mass is 35.5. The van der Waals surface area contributed by atoms with Crippen molar-refractivity contribution in [3.05, 3.63) is 35.4 Å². The summed E-state index contributed by atoms with van der Waals surface area (Å²) in [6.45, 7) is 0.969. The van der Waals surface area contributed by atoms with Crippen molar-refractivity contribution >= 4 is 17.3 Å². The Hall–Kier alpha value is -1.15. The summed E-state index contributed by atoms with van der Waals surface area (Å²) in [6.07, 6.45) is 8.13. The second-order valence-electron chi connectivity index (χ2n) is 4.38. The van der Waals surface area contributed by atoms with E-state index in [2.05, 4.69) is 17.5 Å². The number of hydrogen-bond acceptors (Lipinski definition) is 2. The lowest BCUT2D eigenvalue weighted by Gasteiger charge is -2.19. The third-order valence-corrected chi connectivity index (χ3v) is 3.46. The Labute approximate surface area is 108 Å². The van der Waals surface area contributed by atoms with Crippen LogP contribution >= 0.6 is 11.6 Å². The maximum Gasteiger partial charge on any atom is 0.121 e. The van der Waals surface area contributed by atoms with E-state index in [-0.39, 0.29) is 0 Å². The number of benzene rings is 1. The fourth-order valence-electron chi connectivity index (χ4n) is 2.06. The average Bonchev–Trinajstić information content (AvgIpc) is 2.39. The number of methoxy groups -OCH3 is 1. The van der Waals surface area contributed by atoms with Gasteiger partial charge in [-0.15, -0.1) is 0 Å². The molecular formula is C14H18ClNO. The van der Waals surface area contributed by atoms with Crippen LogP contribution in [0.5, 0.6) is 5.75 Å². The maximum absolute atomic E-state index is 6.14. The number of rotatable bonds is 4. The Morgan fingerprint density at radius 1 is 1.41 bits per heavy atom. The summed E-state index contributed by atoms with van der Waals surface area (Å²) in [6, 6.07) is 5.68. The standard InChI is InChI=1S/C14H18ClNO/c1-17-12-7-8-13(15)14(9-12)16-10-11-5-3-2-4-6-11/h2-3,7-9,11,16H,4-6,10H2,1H3. The Morgan fingerprint density at radius 3 is 3.00 bits per heavy atom. The fraction of sp³-hybridized carbons (Fsp3) is 0.429. The monoisotopic (exact) mass is 251 g/mol. The van der Waals surface area contributed by atoms with E-state index < -0.39 is 0 Å². The van der Waals surface area contributed by atoms with Crippen molar-refractivity contribution in [2.45, 2.75) is 19.3 Å². The number of hydrogen-bond donors (Lipinski definition) is 1. The molecule has 0 amide bonds. The van der Waals surface area contributed by atoms with Gasteiger partial charge in [-0.2, -0.15) is 0 Å². The molecule has 1 aliphatic carbocycles. The first-order valence-corrected chi connectivity index (χ1v) is 6.40. The van der Waals surface area contributed by atoms with Gasteiger partial charge in [0.25, 0.3) is 0 Å². The van der Waals surface area contributed by atoms with Gasteiger partial charge in [-0.05, 0) is 37.3 Å². The molecule has 0 saturated carbocycles. The summed E-state index contributed by atoms with van der Waals surface area (Å²) in [7, 11) is 1.67. The molecule has 92 valence electrons. The fourth-order valence-corrected chi connectivity index (χ4v) is 2.25. The van der Waals surface area contributed by atoms with E-state index in [0.717, 1.165) is 29.4 Å². The molecule has 0 radical (unpaired) electrons. The first kappa shape index (κ1) is 12.3. The Balaban J connectivity index is 1.95. The van der Waals surface area contributed by atoms with Crippen LogP contribution in [0.4, 0.5) is 5.69 Å². The summed E-state index contributed by atoms with van der Waals surface area (Å²) in [5, 5.41) is 4.16. The molecule has 1 aromatic rings. The Bertz CT molecular complexity index is 403. The molecule has 0 heterocycles. The lowest BCUT2D eigenvalue weighted by Crippen LogP contribution is -2.15. The van der Waals surface area contributed by atoms with Gasteiger partial charge in [0.15, 0.2) is 0 Å². The second kappa shape index (κ2) is 5.97. The van der Waals surface area contributed by atoms with Crippen molar-refractivity contribution < 1.29 is 4.74 Å². The Morgan fingerprint density at radius 2 is 2.29 bits per heavy atom. The van der Waals surface area contributed by atoms with Crippen LogP contribution in [0.15, 0.2) is 30.4 Å². The number of halogens is 1. The Kier molecular flexibility index (Phi) is 4.32. The van der Waals surface area contributed by atoms with Gasteiger partial charge in [0.05, 0.1) is 17.8 Å². The van der Waals surface area contributed by atoms with Crippen molar-refractivity contribution in [3.8, 4) is 5.75 Å². The summed E-state index contributed by atoms with van der Waals surface area (Å²) < 4.78 is 5.19. The van der Waals surface area contributed by atoms with E-state index in [4.69, 9.17) is 16.3 Å². The minimum absolute atomic E-state index is 0.710. The van der Waals surface area contributed by atoms with Crippen molar-refractivity contribution in [1.29, 1.82) is 0 Å². The van der Waals surface area contributed by atoms with Gasteiger partial charge in [-0.3, -0.25) is 0 Å². The van der Waals surface area contributed by atoms with Crippen LogP contribution in [0.3, 0.4) is 0 Å². The van der Waals surface area contributed by atoms with Gasteiger partial charge in [-0.1, -0.05) is 23.8 Å². The third-order valence-electron chi connectivity index (χ3n) is 3.13. The molecule has 1 unspecified atom stereocenters. The minimum atomic E-state index is 0.710. The van der Waals surface area contributed by atoms with E-state index in [1.54, 1.807) is 7.11 Å². The molecule has 17 heavy (non-hydrogen) atoms. The summed E-state index contributed by atoms with van der Waals surface area (Å²) in [5.74, 6) is 1.54. The zero-order valence-corrected chi connectivity index (χ0v) is 10.8. The smallest absolute Gasteiger partial charge is 0.121 e. The molecule has 3 heteroatoms. The largest absolute Gasteiger partial charge is 0.497 e. The van der Waals surface area contributed by atoms with Gasteiger partial charge < -0.3 is 10.1 Å². The molecule has 0 bridgehead atoms.